The maximum atomic E-state index is 10.6. The molecule has 1 fully saturated rings. The molecule has 0 spiro atoms. The van der Waals surface area contributed by atoms with Crippen molar-refractivity contribution in [2.24, 2.45) is 0 Å². The molecule has 0 amide bonds. The first kappa shape index (κ1) is 11.3. The predicted molar refractivity (Wildman–Crippen MR) is 61.5 cm³/mol. The summed E-state index contributed by atoms with van der Waals surface area (Å²) in [5, 5.41) is 22.7. The summed E-state index contributed by atoms with van der Waals surface area (Å²) in [5.74, 6) is 0.431. The summed E-state index contributed by atoms with van der Waals surface area (Å²) in [7, 11) is 0. The second-order valence-corrected chi connectivity index (χ2v) is 4.50. The third-order valence-corrected chi connectivity index (χ3v) is 3.08. The first-order chi connectivity index (χ1) is 8.04. The minimum atomic E-state index is -0.553. The molecule has 0 aliphatic heterocycles. The summed E-state index contributed by atoms with van der Waals surface area (Å²) in [5.41, 5.74) is 0.0209. The van der Waals surface area contributed by atoms with Gasteiger partial charge < -0.3 is 5.32 Å². The molecule has 1 aliphatic rings. The van der Waals surface area contributed by atoms with Gasteiger partial charge in [0.25, 0.3) is 5.69 Å². The first-order valence-electron chi connectivity index (χ1n) is 5.37. The molecule has 17 heavy (non-hydrogen) atoms. The van der Waals surface area contributed by atoms with Gasteiger partial charge in [-0.1, -0.05) is 0 Å². The zero-order valence-corrected chi connectivity index (χ0v) is 9.43. The number of nitrogens with one attached hydrogen (secondary N) is 1. The Labute approximate surface area is 98.4 Å². The van der Waals surface area contributed by atoms with Crippen LogP contribution in [-0.4, -0.2) is 15.4 Å². The van der Waals surface area contributed by atoms with E-state index < -0.39 is 4.92 Å². The van der Waals surface area contributed by atoms with E-state index in [1.807, 2.05) is 6.07 Å². The van der Waals surface area contributed by atoms with Crippen LogP contribution in [0.25, 0.3) is 0 Å². The summed E-state index contributed by atoms with van der Waals surface area (Å²) >= 11 is 0. The minimum absolute atomic E-state index is 0.0330. The van der Waals surface area contributed by atoms with Crippen LogP contribution in [0.5, 0.6) is 0 Å². The van der Waals surface area contributed by atoms with Crippen molar-refractivity contribution in [2.75, 3.05) is 5.32 Å². The van der Waals surface area contributed by atoms with E-state index in [1.165, 1.54) is 12.3 Å². The van der Waals surface area contributed by atoms with Crippen LogP contribution in [0.3, 0.4) is 0 Å². The smallest absolute Gasteiger partial charge is 0.289 e. The quantitative estimate of drug-likeness (QED) is 0.637. The van der Waals surface area contributed by atoms with Crippen LogP contribution < -0.4 is 5.32 Å². The van der Waals surface area contributed by atoms with Crippen LogP contribution in [0.2, 0.25) is 0 Å². The molecule has 1 aromatic heterocycles. The molecule has 1 aliphatic carbocycles. The Morgan fingerprint density at radius 1 is 1.65 bits per heavy atom. The minimum Gasteiger partial charge on any atom is -0.364 e. The van der Waals surface area contributed by atoms with Crippen molar-refractivity contribution in [3.8, 4) is 6.07 Å². The van der Waals surface area contributed by atoms with E-state index >= 15 is 0 Å². The molecule has 0 radical (unpaired) electrons. The number of rotatable bonds is 3. The largest absolute Gasteiger partial charge is 0.364 e. The van der Waals surface area contributed by atoms with E-state index in [1.54, 1.807) is 0 Å². The van der Waals surface area contributed by atoms with Gasteiger partial charge in [0, 0.05) is 11.6 Å². The molecule has 1 N–H and O–H groups in total. The highest BCUT2D eigenvalue weighted by molar-refractivity contribution is 5.56. The van der Waals surface area contributed by atoms with Crippen molar-refractivity contribution in [1.29, 1.82) is 5.26 Å². The summed E-state index contributed by atoms with van der Waals surface area (Å²) in [6.07, 6.45) is 4.37. The standard InChI is InChI=1S/C11H12N4O2/c1-11(3-2-4-11)14-10-8(6-12)5-9(7-13-10)15(16)17/h5,7H,2-4H2,1H3,(H,13,14). The number of nitro groups is 1. The molecule has 0 atom stereocenters. The summed E-state index contributed by atoms with van der Waals surface area (Å²) in [6, 6.07) is 3.18. The van der Waals surface area contributed by atoms with Gasteiger partial charge in [-0.2, -0.15) is 5.26 Å². The maximum absolute atomic E-state index is 10.6. The summed E-state index contributed by atoms with van der Waals surface area (Å²) in [4.78, 5) is 14.0. The monoisotopic (exact) mass is 232 g/mol. The van der Waals surface area contributed by atoms with Gasteiger partial charge in [0.2, 0.25) is 0 Å². The molecular formula is C11H12N4O2. The number of aromatic nitrogens is 1. The number of anilines is 1. The zero-order valence-electron chi connectivity index (χ0n) is 9.43. The summed E-state index contributed by atoms with van der Waals surface area (Å²) in [6.45, 7) is 2.06. The number of pyridine rings is 1. The number of hydrogen-bond donors (Lipinski definition) is 1. The van der Waals surface area contributed by atoms with Gasteiger partial charge in [0.15, 0.2) is 0 Å². The zero-order chi connectivity index (χ0) is 12.5. The van der Waals surface area contributed by atoms with Gasteiger partial charge in [-0.25, -0.2) is 4.98 Å². The molecule has 0 aromatic carbocycles. The molecule has 6 heteroatoms. The maximum Gasteiger partial charge on any atom is 0.289 e. The third-order valence-electron chi connectivity index (χ3n) is 3.08. The number of nitrogens with zero attached hydrogens (tertiary/aromatic N) is 3. The fourth-order valence-corrected chi connectivity index (χ4v) is 1.86. The van der Waals surface area contributed by atoms with Crippen LogP contribution >= 0.6 is 0 Å². The molecule has 0 bridgehead atoms. The Bertz CT molecular complexity index is 503. The third kappa shape index (κ3) is 2.18. The van der Waals surface area contributed by atoms with E-state index in [4.69, 9.17) is 5.26 Å². The Hall–Kier alpha value is -2.16. The van der Waals surface area contributed by atoms with Crippen LogP contribution in [0, 0.1) is 21.4 Å². The molecule has 6 nitrogen and oxygen atoms in total. The van der Waals surface area contributed by atoms with Crippen molar-refractivity contribution >= 4 is 11.5 Å². The molecule has 0 saturated heterocycles. The first-order valence-corrected chi connectivity index (χ1v) is 5.37. The Balaban J connectivity index is 2.28. The Kier molecular flexibility index (Phi) is 2.68. The van der Waals surface area contributed by atoms with E-state index in [9.17, 15) is 10.1 Å². The molecule has 2 rings (SSSR count). The highest BCUT2D eigenvalue weighted by Crippen LogP contribution is 2.35. The second-order valence-electron chi connectivity index (χ2n) is 4.50. The molecular weight excluding hydrogens is 220 g/mol. The van der Waals surface area contributed by atoms with Gasteiger partial charge in [-0.15, -0.1) is 0 Å². The highest BCUT2D eigenvalue weighted by atomic mass is 16.6. The van der Waals surface area contributed by atoms with Gasteiger partial charge in [0.05, 0.1) is 4.92 Å². The lowest BCUT2D eigenvalue weighted by atomic mass is 9.78. The van der Waals surface area contributed by atoms with E-state index in [-0.39, 0.29) is 16.8 Å². The lowest BCUT2D eigenvalue weighted by Crippen LogP contribution is -2.42. The van der Waals surface area contributed by atoms with Crippen LogP contribution in [-0.2, 0) is 0 Å². The average molecular weight is 232 g/mol. The topological polar surface area (TPSA) is 91.8 Å². The lowest BCUT2D eigenvalue weighted by molar-refractivity contribution is -0.385. The normalized spacial score (nSPS) is 16.7. The number of nitriles is 1. The molecule has 88 valence electrons. The van der Waals surface area contributed by atoms with E-state index in [0.717, 1.165) is 19.3 Å². The highest BCUT2D eigenvalue weighted by Gasteiger charge is 2.32. The molecule has 1 aromatic rings. The lowest BCUT2D eigenvalue weighted by Gasteiger charge is -2.39. The van der Waals surface area contributed by atoms with Gasteiger partial charge in [0.1, 0.15) is 23.6 Å². The average Bonchev–Trinajstić information content (AvgIpc) is 2.27. The van der Waals surface area contributed by atoms with E-state index in [2.05, 4.69) is 17.2 Å². The predicted octanol–water partition coefficient (Wildman–Crippen LogP) is 2.22. The van der Waals surface area contributed by atoms with Crippen molar-refractivity contribution in [2.45, 2.75) is 31.7 Å². The van der Waals surface area contributed by atoms with E-state index in [0.29, 0.717) is 5.82 Å². The fourth-order valence-electron chi connectivity index (χ4n) is 1.86. The molecule has 1 heterocycles. The van der Waals surface area contributed by atoms with Gasteiger partial charge in [-0.05, 0) is 26.2 Å². The van der Waals surface area contributed by atoms with Crippen molar-refractivity contribution in [3.05, 3.63) is 27.9 Å². The van der Waals surface area contributed by atoms with Crippen LogP contribution in [0.4, 0.5) is 11.5 Å². The van der Waals surface area contributed by atoms with Gasteiger partial charge >= 0.3 is 0 Å². The summed E-state index contributed by atoms with van der Waals surface area (Å²) < 4.78 is 0. The van der Waals surface area contributed by atoms with Crippen molar-refractivity contribution in [3.63, 3.8) is 0 Å². The van der Waals surface area contributed by atoms with Crippen LogP contribution in [0.15, 0.2) is 12.3 Å². The van der Waals surface area contributed by atoms with Gasteiger partial charge in [-0.3, -0.25) is 10.1 Å². The molecule has 0 unspecified atom stereocenters. The SMILES string of the molecule is CC1(Nc2ncc([N+](=O)[O-])cc2C#N)CCC1. The fraction of sp³-hybridized carbons (Fsp3) is 0.455. The van der Waals surface area contributed by atoms with Crippen molar-refractivity contribution in [1.82, 2.24) is 4.98 Å². The Morgan fingerprint density at radius 3 is 2.82 bits per heavy atom. The van der Waals surface area contributed by atoms with Crippen molar-refractivity contribution < 1.29 is 4.92 Å². The number of hydrogen-bond acceptors (Lipinski definition) is 5. The Morgan fingerprint density at radius 2 is 2.35 bits per heavy atom. The second kappa shape index (κ2) is 4.01. The van der Waals surface area contributed by atoms with Crippen LogP contribution in [0.1, 0.15) is 31.7 Å². The molecule has 1 saturated carbocycles.